The molecule has 1 unspecified atom stereocenters. The van der Waals surface area contributed by atoms with Gasteiger partial charge in [-0.2, -0.15) is 0 Å². The van der Waals surface area contributed by atoms with Crippen LogP contribution in [-0.4, -0.2) is 19.1 Å². The Morgan fingerprint density at radius 3 is 2.76 bits per heavy atom. The SMILES string of the molecule is CCc1cccnc1C(Cc1cc(Cl)ccc1OC)NC. The molecule has 1 heterocycles. The Balaban J connectivity index is 2.33. The minimum atomic E-state index is 0.133. The first-order valence-corrected chi connectivity index (χ1v) is 7.50. The summed E-state index contributed by atoms with van der Waals surface area (Å²) in [5, 5.41) is 4.07. The van der Waals surface area contributed by atoms with E-state index in [4.69, 9.17) is 16.3 Å². The normalized spacial score (nSPS) is 12.2. The second-order valence-electron chi connectivity index (χ2n) is 4.90. The Labute approximate surface area is 131 Å². The Kier molecular flexibility index (Phi) is 5.59. The third-order valence-electron chi connectivity index (χ3n) is 3.65. The molecule has 0 fully saturated rings. The average molecular weight is 305 g/mol. The number of hydrogen-bond acceptors (Lipinski definition) is 3. The van der Waals surface area contributed by atoms with E-state index in [1.54, 1.807) is 7.11 Å². The highest BCUT2D eigenvalue weighted by Gasteiger charge is 2.17. The molecule has 1 N–H and O–H groups in total. The number of benzene rings is 1. The van der Waals surface area contributed by atoms with Gasteiger partial charge in [-0.3, -0.25) is 4.98 Å². The third-order valence-corrected chi connectivity index (χ3v) is 3.89. The van der Waals surface area contributed by atoms with Crippen LogP contribution in [0.1, 0.15) is 29.8 Å². The van der Waals surface area contributed by atoms with Crippen LogP contribution in [0.25, 0.3) is 0 Å². The van der Waals surface area contributed by atoms with E-state index in [0.29, 0.717) is 0 Å². The van der Waals surface area contributed by atoms with Crippen LogP contribution < -0.4 is 10.1 Å². The molecule has 0 aliphatic rings. The van der Waals surface area contributed by atoms with Crippen molar-refractivity contribution in [2.24, 2.45) is 0 Å². The number of aryl methyl sites for hydroxylation is 1. The van der Waals surface area contributed by atoms with Gasteiger partial charge in [-0.1, -0.05) is 24.6 Å². The summed E-state index contributed by atoms with van der Waals surface area (Å²) in [5.74, 6) is 0.855. The molecule has 0 saturated heterocycles. The predicted octanol–water partition coefficient (Wildman–Crippen LogP) is 3.81. The van der Waals surface area contributed by atoms with Gasteiger partial charge in [0.05, 0.1) is 18.8 Å². The summed E-state index contributed by atoms with van der Waals surface area (Å²) in [6, 6.07) is 9.95. The molecule has 2 rings (SSSR count). The lowest BCUT2D eigenvalue weighted by Gasteiger charge is -2.20. The van der Waals surface area contributed by atoms with Crippen LogP contribution >= 0.6 is 11.6 Å². The van der Waals surface area contributed by atoms with E-state index in [-0.39, 0.29) is 6.04 Å². The Hall–Kier alpha value is -1.58. The number of ether oxygens (including phenoxy) is 1. The molecule has 0 saturated carbocycles. The van der Waals surface area contributed by atoms with E-state index < -0.39 is 0 Å². The van der Waals surface area contributed by atoms with Crippen molar-refractivity contribution in [1.82, 2.24) is 10.3 Å². The molecule has 112 valence electrons. The molecule has 0 radical (unpaired) electrons. The Bertz CT molecular complexity index is 601. The van der Waals surface area contributed by atoms with Crippen molar-refractivity contribution in [3.8, 4) is 5.75 Å². The van der Waals surface area contributed by atoms with Crippen LogP contribution in [0.2, 0.25) is 5.02 Å². The molecule has 21 heavy (non-hydrogen) atoms. The van der Waals surface area contributed by atoms with Crippen molar-refractivity contribution < 1.29 is 4.74 Å². The first-order valence-electron chi connectivity index (χ1n) is 7.13. The van der Waals surface area contributed by atoms with Gasteiger partial charge in [0.1, 0.15) is 5.75 Å². The van der Waals surface area contributed by atoms with Gasteiger partial charge < -0.3 is 10.1 Å². The van der Waals surface area contributed by atoms with E-state index in [2.05, 4.69) is 23.3 Å². The molecule has 1 atom stereocenters. The average Bonchev–Trinajstić information content (AvgIpc) is 2.52. The lowest BCUT2D eigenvalue weighted by Crippen LogP contribution is -2.21. The monoisotopic (exact) mass is 304 g/mol. The van der Waals surface area contributed by atoms with Gasteiger partial charge >= 0.3 is 0 Å². The molecule has 3 nitrogen and oxygen atoms in total. The number of aromatic nitrogens is 1. The second-order valence-corrected chi connectivity index (χ2v) is 5.34. The largest absolute Gasteiger partial charge is 0.496 e. The van der Waals surface area contributed by atoms with Gasteiger partial charge in [-0.25, -0.2) is 0 Å². The minimum Gasteiger partial charge on any atom is -0.496 e. The fourth-order valence-electron chi connectivity index (χ4n) is 2.53. The number of methoxy groups -OCH3 is 1. The number of pyridine rings is 1. The quantitative estimate of drug-likeness (QED) is 0.881. The number of halogens is 1. The molecule has 0 aliphatic heterocycles. The van der Waals surface area contributed by atoms with Gasteiger partial charge in [0.25, 0.3) is 0 Å². The fraction of sp³-hybridized carbons (Fsp3) is 0.353. The molecule has 0 amide bonds. The van der Waals surface area contributed by atoms with Gasteiger partial charge in [0, 0.05) is 11.2 Å². The second kappa shape index (κ2) is 7.43. The van der Waals surface area contributed by atoms with E-state index in [1.165, 1.54) is 5.56 Å². The molecule has 4 heteroatoms. The number of rotatable bonds is 6. The van der Waals surface area contributed by atoms with Crippen molar-refractivity contribution in [1.29, 1.82) is 0 Å². The number of hydrogen-bond donors (Lipinski definition) is 1. The molecule has 1 aromatic heterocycles. The molecule has 1 aromatic carbocycles. The molecule has 0 bridgehead atoms. The maximum atomic E-state index is 6.11. The van der Waals surface area contributed by atoms with Crippen molar-refractivity contribution >= 4 is 11.6 Å². The zero-order valence-corrected chi connectivity index (χ0v) is 13.4. The summed E-state index contributed by atoms with van der Waals surface area (Å²) in [6.45, 7) is 2.15. The highest BCUT2D eigenvalue weighted by Crippen LogP contribution is 2.28. The fourth-order valence-corrected chi connectivity index (χ4v) is 2.72. The maximum absolute atomic E-state index is 6.11. The highest BCUT2D eigenvalue weighted by molar-refractivity contribution is 6.30. The van der Waals surface area contributed by atoms with Crippen molar-refractivity contribution in [3.05, 3.63) is 58.4 Å². The standard InChI is InChI=1S/C17H21ClN2O/c1-4-12-6-5-9-20-17(12)15(19-2)11-13-10-14(18)7-8-16(13)21-3/h5-10,15,19H,4,11H2,1-3H3. The third kappa shape index (κ3) is 3.74. The lowest BCUT2D eigenvalue weighted by molar-refractivity contribution is 0.406. The van der Waals surface area contributed by atoms with Crippen molar-refractivity contribution in [2.75, 3.05) is 14.2 Å². The van der Waals surface area contributed by atoms with Crippen molar-refractivity contribution in [2.45, 2.75) is 25.8 Å². The maximum Gasteiger partial charge on any atom is 0.122 e. The van der Waals surface area contributed by atoms with Crippen molar-refractivity contribution in [3.63, 3.8) is 0 Å². The van der Waals surface area contributed by atoms with Gasteiger partial charge in [-0.15, -0.1) is 0 Å². The van der Waals surface area contributed by atoms with Crippen LogP contribution in [0.4, 0.5) is 0 Å². The van der Waals surface area contributed by atoms with E-state index in [1.807, 2.05) is 37.5 Å². The highest BCUT2D eigenvalue weighted by atomic mass is 35.5. The number of likely N-dealkylation sites (N-methyl/N-ethyl adjacent to an activating group) is 1. The van der Waals surface area contributed by atoms with E-state index >= 15 is 0 Å². The minimum absolute atomic E-state index is 0.133. The topological polar surface area (TPSA) is 34.1 Å². The number of nitrogens with zero attached hydrogens (tertiary/aromatic N) is 1. The zero-order chi connectivity index (χ0) is 15.2. The summed E-state index contributed by atoms with van der Waals surface area (Å²) in [6.07, 6.45) is 3.59. The van der Waals surface area contributed by atoms with Gasteiger partial charge in [0.15, 0.2) is 0 Å². The Morgan fingerprint density at radius 2 is 2.10 bits per heavy atom. The molecule has 0 spiro atoms. The lowest BCUT2D eigenvalue weighted by atomic mass is 9.98. The summed E-state index contributed by atoms with van der Waals surface area (Å²) >= 11 is 6.11. The smallest absolute Gasteiger partial charge is 0.122 e. The van der Waals surface area contributed by atoms with Gasteiger partial charge in [-0.05, 0) is 55.3 Å². The van der Waals surface area contributed by atoms with E-state index in [0.717, 1.165) is 34.9 Å². The molecular weight excluding hydrogens is 284 g/mol. The molecule has 2 aromatic rings. The summed E-state index contributed by atoms with van der Waals surface area (Å²) in [4.78, 5) is 4.56. The zero-order valence-electron chi connectivity index (χ0n) is 12.7. The van der Waals surface area contributed by atoms with Crippen LogP contribution in [0.3, 0.4) is 0 Å². The number of nitrogens with one attached hydrogen (secondary N) is 1. The van der Waals surface area contributed by atoms with Crippen LogP contribution in [0, 0.1) is 0 Å². The van der Waals surface area contributed by atoms with Crippen LogP contribution in [-0.2, 0) is 12.8 Å². The molecular formula is C17H21ClN2O. The first kappa shape index (κ1) is 15.8. The summed E-state index contributed by atoms with van der Waals surface area (Å²) < 4.78 is 5.43. The first-order chi connectivity index (χ1) is 10.2. The Morgan fingerprint density at radius 1 is 1.29 bits per heavy atom. The summed E-state index contributed by atoms with van der Waals surface area (Å²) in [5.41, 5.74) is 3.43. The predicted molar refractivity (Wildman–Crippen MR) is 87.1 cm³/mol. The van der Waals surface area contributed by atoms with Gasteiger partial charge in [0.2, 0.25) is 0 Å². The van der Waals surface area contributed by atoms with Crippen LogP contribution in [0.5, 0.6) is 5.75 Å². The van der Waals surface area contributed by atoms with Crippen LogP contribution in [0.15, 0.2) is 36.5 Å². The summed E-state index contributed by atoms with van der Waals surface area (Å²) in [7, 11) is 3.63. The molecule has 0 aliphatic carbocycles. The van der Waals surface area contributed by atoms with E-state index in [9.17, 15) is 0 Å².